The number of alkyl halides is 3. The van der Waals surface area contributed by atoms with Crippen molar-refractivity contribution in [2.24, 2.45) is 5.92 Å². The third-order valence-corrected chi connectivity index (χ3v) is 6.74. The molecule has 0 saturated heterocycles. The fraction of sp³-hybridized carbons (Fsp3) is 0.400. The van der Waals surface area contributed by atoms with Crippen molar-refractivity contribution >= 4 is 5.91 Å². The van der Waals surface area contributed by atoms with E-state index in [1.807, 2.05) is 6.92 Å². The van der Waals surface area contributed by atoms with E-state index in [1.165, 1.54) is 16.7 Å². The van der Waals surface area contributed by atoms with Crippen LogP contribution >= 0.6 is 0 Å². The number of fused-ring (bicyclic) bond motifs is 1. The number of benzene rings is 1. The minimum Gasteiger partial charge on any atom is -0.490 e. The summed E-state index contributed by atoms with van der Waals surface area (Å²) in [4.78, 5) is 32.1. The maximum absolute atomic E-state index is 13.2. The number of carbonyl (C=O) groups is 1. The standard InChI is InChI=1S/C25H25F3N4O3/c1-16-13-31(15-29-16)20-8-9-21-23(33)30(10-11-32(21)24(20)34)14-17-4-2-7-22(17)35-19-6-3-5-18(12-19)25(26,27)28/h3,5-6,8-9,12-13,15,17,22H,2,4,7,10-11,14H2,1H3. The molecule has 10 heteroatoms. The van der Waals surface area contributed by atoms with E-state index >= 15 is 0 Å². The summed E-state index contributed by atoms with van der Waals surface area (Å²) in [5.74, 6) is -0.0488. The molecule has 3 heterocycles. The Bertz CT molecular complexity index is 1310. The number of hydrogen-bond donors (Lipinski definition) is 0. The van der Waals surface area contributed by atoms with E-state index in [-0.39, 0.29) is 29.2 Å². The molecule has 35 heavy (non-hydrogen) atoms. The third kappa shape index (κ3) is 4.56. The van der Waals surface area contributed by atoms with Crippen LogP contribution in [0.5, 0.6) is 5.75 Å². The summed E-state index contributed by atoms with van der Waals surface area (Å²) in [5, 5.41) is 0. The van der Waals surface area contributed by atoms with Gasteiger partial charge in [0.05, 0.1) is 17.6 Å². The lowest BCUT2D eigenvalue weighted by molar-refractivity contribution is -0.137. The third-order valence-electron chi connectivity index (χ3n) is 6.74. The molecule has 1 amide bonds. The molecular weight excluding hydrogens is 461 g/mol. The number of nitrogens with zero attached hydrogens (tertiary/aromatic N) is 4. The molecule has 1 fully saturated rings. The number of carbonyl (C=O) groups excluding carboxylic acids is 1. The van der Waals surface area contributed by atoms with Gasteiger partial charge in [0.1, 0.15) is 23.2 Å². The summed E-state index contributed by atoms with van der Waals surface area (Å²) in [5.41, 5.74) is 0.548. The van der Waals surface area contributed by atoms with Crippen LogP contribution in [-0.4, -0.2) is 44.1 Å². The molecule has 1 aromatic carbocycles. The van der Waals surface area contributed by atoms with Crippen molar-refractivity contribution in [2.75, 3.05) is 13.1 Å². The molecule has 1 aliphatic heterocycles. The maximum atomic E-state index is 13.2. The van der Waals surface area contributed by atoms with Crippen molar-refractivity contribution in [2.45, 2.75) is 45.0 Å². The summed E-state index contributed by atoms with van der Waals surface area (Å²) >= 11 is 0. The lowest BCUT2D eigenvalue weighted by Crippen LogP contribution is -2.47. The first kappa shape index (κ1) is 23.2. The molecule has 2 aliphatic rings. The number of pyridine rings is 1. The van der Waals surface area contributed by atoms with E-state index in [0.29, 0.717) is 37.4 Å². The number of imidazole rings is 1. The number of aryl methyl sites for hydroxylation is 1. The van der Waals surface area contributed by atoms with E-state index < -0.39 is 11.7 Å². The van der Waals surface area contributed by atoms with Gasteiger partial charge in [0, 0.05) is 31.7 Å². The first-order valence-electron chi connectivity index (χ1n) is 11.6. The molecule has 0 radical (unpaired) electrons. The highest BCUT2D eigenvalue weighted by Crippen LogP contribution is 2.34. The van der Waals surface area contributed by atoms with Crippen molar-refractivity contribution in [3.8, 4) is 11.4 Å². The van der Waals surface area contributed by atoms with Crippen molar-refractivity contribution in [3.05, 3.63) is 76.2 Å². The summed E-state index contributed by atoms with van der Waals surface area (Å²) in [7, 11) is 0. The van der Waals surface area contributed by atoms with Gasteiger partial charge >= 0.3 is 6.18 Å². The van der Waals surface area contributed by atoms with Crippen LogP contribution in [0.2, 0.25) is 0 Å². The number of amides is 1. The minimum atomic E-state index is -4.43. The number of hydrogen-bond acceptors (Lipinski definition) is 4. The Morgan fingerprint density at radius 1 is 1.11 bits per heavy atom. The Kier molecular flexibility index (Phi) is 5.90. The summed E-state index contributed by atoms with van der Waals surface area (Å²) in [6.07, 6.45) is 1.02. The zero-order chi connectivity index (χ0) is 24.7. The van der Waals surface area contributed by atoms with Crippen LogP contribution in [0.3, 0.4) is 0 Å². The van der Waals surface area contributed by atoms with Crippen LogP contribution in [-0.2, 0) is 12.7 Å². The van der Waals surface area contributed by atoms with Gasteiger partial charge in [-0.1, -0.05) is 6.07 Å². The molecule has 0 bridgehead atoms. The average Bonchev–Trinajstić information content (AvgIpc) is 3.44. The molecular formula is C25H25F3N4O3. The van der Waals surface area contributed by atoms with E-state index in [9.17, 15) is 22.8 Å². The van der Waals surface area contributed by atoms with Crippen LogP contribution in [0.15, 0.2) is 53.7 Å². The molecule has 1 aliphatic carbocycles. The normalized spacial score (nSPS) is 20.2. The molecule has 3 aromatic rings. The summed E-state index contributed by atoms with van der Waals surface area (Å²) < 4.78 is 48.3. The molecule has 0 spiro atoms. The van der Waals surface area contributed by atoms with Crippen LogP contribution in [0.25, 0.3) is 5.69 Å². The van der Waals surface area contributed by atoms with E-state index in [4.69, 9.17) is 4.74 Å². The number of halogens is 3. The second-order valence-electron chi connectivity index (χ2n) is 9.11. The Labute approximate surface area is 199 Å². The Hall–Kier alpha value is -3.56. The highest BCUT2D eigenvalue weighted by atomic mass is 19.4. The SMILES string of the molecule is Cc1cn(-c2ccc3n(c2=O)CCN(CC2CCCC2Oc2cccc(C(F)(F)F)c2)C3=O)cn1. The van der Waals surface area contributed by atoms with Gasteiger partial charge in [-0.15, -0.1) is 0 Å². The van der Waals surface area contributed by atoms with Gasteiger partial charge < -0.3 is 18.8 Å². The second kappa shape index (κ2) is 8.90. The second-order valence-corrected chi connectivity index (χ2v) is 9.11. The monoisotopic (exact) mass is 486 g/mol. The van der Waals surface area contributed by atoms with Gasteiger partial charge in [0.2, 0.25) is 0 Å². The Balaban J connectivity index is 1.30. The highest BCUT2D eigenvalue weighted by Gasteiger charge is 2.35. The summed E-state index contributed by atoms with van der Waals surface area (Å²) in [6.45, 7) is 3.01. The zero-order valence-corrected chi connectivity index (χ0v) is 19.2. The van der Waals surface area contributed by atoms with Gasteiger partial charge in [-0.3, -0.25) is 9.59 Å². The lowest BCUT2D eigenvalue weighted by Gasteiger charge is -2.33. The summed E-state index contributed by atoms with van der Waals surface area (Å²) in [6, 6.07) is 8.19. The van der Waals surface area contributed by atoms with Gasteiger partial charge in [-0.05, 0) is 56.5 Å². The van der Waals surface area contributed by atoms with E-state index in [1.54, 1.807) is 34.1 Å². The lowest BCUT2D eigenvalue weighted by atomic mass is 10.0. The minimum absolute atomic E-state index is 0.0000353. The van der Waals surface area contributed by atoms with Crippen LogP contribution in [0.1, 0.15) is 41.0 Å². The van der Waals surface area contributed by atoms with Crippen molar-refractivity contribution in [1.29, 1.82) is 0 Å². The van der Waals surface area contributed by atoms with Gasteiger partial charge in [-0.2, -0.15) is 13.2 Å². The number of ether oxygens (including phenoxy) is 1. The predicted molar refractivity (Wildman–Crippen MR) is 122 cm³/mol. The van der Waals surface area contributed by atoms with Gasteiger partial charge in [0.25, 0.3) is 11.5 Å². The maximum Gasteiger partial charge on any atom is 0.416 e. The highest BCUT2D eigenvalue weighted by molar-refractivity contribution is 5.93. The fourth-order valence-electron chi connectivity index (χ4n) is 4.95. The van der Waals surface area contributed by atoms with E-state index in [0.717, 1.165) is 30.7 Å². The van der Waals surface area contributed by atoms with Crippen LogP contribution < -0.4 is 10.3 Å². The number of rotatable bonds is 5. The van der Waals surface area contributed by atoms with Crippen molar-refractivity contribution < 1.29 is 22.7 Å². The molecule has 1 saturated carbocycles. The van der Waals surface area contributed by atoms with Crippen molar-refractivity contribution in [3.63, 3.8) is 0 Å². The zero-order valence-electron chi connectivity index (χ0n) is 19.2. The van der Waals surface area contributed by atoms with Crippen molar-refractivity contribution in [1.82, 2.24) is 19.0 Å². The van der Waals surface area contributed by atoms with Crippen LogP contribution in [0, 0.1) is 12.8 Å². The Morgan fingerprint density at radius 3 is 2.69 bits per heavy atom. The first-order valence-corrected chi connectivity index (χ1v) is 11.6. The molecule has 5 rings (SSSR count). The van der Waals surface area contributed by atoms with Crippen LogP contribution in [0.4, 0.5) is 13.2 Å². The van der Waals surface area contributed by atoms with Gasteiger partial charge in [0.15, 0.2) is 0 Å². The average molecular weight is 486 g/mol. The predicted octanol–water partition coefficient (Wildman–Crippen LogP) is 4.06. The molecule has 2 aromatic heterocycles. The molecule has 184 valence electrons. The molecule has 2 unspecified atom stereocenters. The quantitative estimate of drug-likeness (QED) is 0.546. The Morgan fingerprint density at radius 2 is 1.94 bits per heavy atom. The topological polar surface area (TPSA) is 69.4 Å². The number of aromatic nitrogens is 3. The molecule has 0 N–H and O–H groups in total. The molecule has 7 nitrogen and oxygen atoms in total. The first-order chi connectivity index (χ1) is 16.7. The molecule has 2 atom stereocenters. The largest absolute Gasteiger partial charge is 0.490 e. The smallest absolute Gasteiger partial charge is 0.416 e. The van der Waals surface area contributed by atoms with Gasteiger partial charge in [-0.25, -0.2) is 4.98 Å². The van der Waals surface area contributed by atoms with E-state index in [2.05, 4.69) is 4.98 Å². The fourth-order valence-corrected chi connectivity index (χ4v) is 4.95.